The van der Waals surface area contributed by atoms with E-state index >= 15 is 0 Å². The second kappa shape index (κ2) is 10.8. The molecule has 3 saturated carbocycles. The molecule has 8 nitrogen and oxygen atoms in total. The summed E-state index contributed by atoms with van der Waals surface area (Å²) in [6.07, 6.45) is 4.73. The minimum Gasteiger partial charge on any atom is -0.756 e. The van der Waals surface area contributed by atoms with Crippen LogP contribution in [0, 0.1) is 34.5 Å². The predicted molar refractivity (Wildman–Crippen MR) is 128 cm³/mol. The van der Waals surface area contributed by atoms with E-state index in [0.717, 1.165) is 31.3 Å². The molecular formula is C26H42NaO8P. The number of aliphatic hydroxyl groups excluding tert-OH is 2. The zero-order chi connectivity index (χ0) is 26.0. The van der Waals surface area contributed by atoms with Crippen molar-refractivity contribution in [2.45, 2.75) is 109 Å². The average Bonchev–Trinajstić information content (AvgIpc) is 3.05. The van der Waals surface area contributed by atoms with Crippen LogP contribution in [-0.4, -0.2) is 49.9 Å². The van der Waals surface area contributed by atoms with Gasteiger partial charge in [-0.25, -0.2) is 0 Å². The number of carbonyl (C=O) groups is 1. The first-order chi connectivity index (χ1) is 16.1. The van der Waals surface area contributed by atoms with E-state index in [9.17, 15) is 34.5 Å². The molecule has 0 radical (unpaired) electrons. The molecule has 0 bridgehead atoms. The van der Waals surface area contributed by atoms with Crippen LogP contribution in [0.25, 0.3) is 0 Å². The molecule has 0 aromatic rings. The van der Waals surface area contributed by atoms with Crippen molar-refractivity contribution in [3.8, 4) is 0 Å². The van der Waals surface area contributed by atoms with Gasteiger partial charge in [-0.2, -0.15) is 0 Å². The number of phosphoric ester groups is 1. The largest absolute Gasteiger partial charge is 1.00 e. The molecule has 4 aliphatic rings. The Morgan fingerprint density at radius 3 is 2.39 bits per heavy atom. The zero-order valence-electron chi connectivity index (χ0n) is 22.4. The molecular weight excluding hydrogens is 494 g/mol. The number of allylic oxidation sites excluding steroid dienone is 2. The third-order valence-electron chi connectivity index (χ3n) is 10.00. The van der Waals surface area contributed by atoms with Gasteiger partial charge in [0.05, 0.1) is 23.9 Å². The molecule has 0 amide bonds. The van der Waals surface area contributed by atoms with Crippen LogP contribution in [0.15, 0.2) is 11.6 Å². The fourth-order valence-electron chi connectivity index (χ4n) is 8.28. The molecule has 0 saturated heterocycles. The first kappa shape index (κ1) is 30.9. The topological polar surface area (TPSA) is 147 Å². The smallest absolute Gasteiger partial charge is 0.756 e. The quantitative estimate of drug-likeness (QED) is 0.260. The number of fused-ring (bicyclic) bond motifs is 5. The zero-order valence-corrected chi connectivity index (χ0v) is 25.2. The van der Waals surface area contributed by atoms with E-state index < -0.39 is 37.2 Å². The third kappa shape index (κ3) is 5.94. The molecule has 4 rings (SSSR count). The van der Waals surface area contributed by atoms with E-state index in [0.29, 0.717) is 25.7 Å². The summed E-state index contributed by atoms with van der Waals surface area (Å²) >= 11 is 0. The van der Waals surface area contributed by atoms with Crippen molar-refractivity contribution >= 4 is 13.6 Å². The van der Waals surface area contributed by atoms with Crippen LogP contribution in [0.3, 0.4) is 0 Å². The van der Waals surface area contributed by atoms with E-state index in [1.54, 1.807) is 19.9 Å². The minimum atomic E-state index is -4.95. The Labute approximate surface area is 236 Å². The van der Waals surface area contributed by atoms with E-state index in [4.69, 9.17) is 4.52 Å². The maximum Gasteiger partial charge on any atom is 1.00 e. The van der Waals surface area contributed by atoms with Gasteiger partial charge in [-0.05, 0) is 106 Å². The summed E-state index contributed by atoms with van der Waals surface area (Å²) in [7, 11) is -4.95. The third-order valence-corrected chi connectivity index (χ3v) is 10.5. The van der Waals surface area contributed by atoms with Crippen molar-refractivity contribution in [1.82, 2.24) is 0 Å². The number of aliphatic hydroxyl groups is 3. The second-order valence-corrected chi connectivity index (χ2v) is 14.0. The van der Waals surface area contributed by atoms with Crippen LogP contribution in [0.4, 0.5) is 0 Å². The van der Waals surface area contributed by atoms with Gasteiger partial charge in [-0.1, -0.05) is 19.4 Å². The Morgan fingerprint density at radius 1 is 1.14 bits per heavy atom. The predicted octanol–water partition coefficient (Wildman–Crippen LogP) is -0.133. The number of ketones is 1. The maximum atomic E-state index is 13.2. The molecule has 0 aromatic heterocycles. The maximum absolute atomic E-state index is 13.2. The van der Waals surface area contributed by atoms with E-state index in [2.05, 4.69) is 13.8 Å². The van der Waals surface area contributed by atoms with Gasteiger partial charge in [0.15, 0.2) is 5.78 Å². The van der Waals surface area contributed by atoms with Crippen molar-refractivity contribution in [2.75, 3.05) is 0 Å². The Balaban J connectivity index is 0.00000361. The summed E-state index contributed by atoms with van der Waals surface area (Å²) in [4.78, 5) is 34.6. The molecule has 200 valence electrons. The Kier molecular flexibility index (Phi) is 9.24. The monoisotopic (exact) mass is 536 g/mol. The first-order valence-corrected chi connectivity index (χ1v) is 14.6. The van der Waals surface area contributed by atoms with Crippen LogP contribution < -0.4 is 34.5 Å². The van der Waals surface area contributed by atoms with Crippen molar-refractivity contribution in [3.05, 3.63) is 11.6 Å². The van der Waals surface area contributed by atoms with Crippen molar-refractivity contribution in [1.29, 1.82) is 0 Å². The van der Waals surface area contributed by atoms with Crippen LogP contribution in [-0.2, 0) is 13.9 Å². The number of phosphoric acid groups is 1. The standard InChI is InChI=1S/C26H43O8P.Na/c1-24(2,30)10-5-6-23(34-35(31,32)33)18-8-7-16-15-12-20(27)19-13-21(28)22(29)14-26(19,4)17(15)9-11-25(16,18)3;/h12,16-19,21-23,28-30H,5-11,13-14H2,1-4H3,(H2,31,32,33);/q;+1/p-1. The van der Waals surface area contributed by atoms with Gasteiger partial charge in [0.2, 0.25) is 0 Å². The average molecular weight is 537 g/mol. The van der Waals surface area contributed by atoms with Crippen molar-refractivity contribution in [2.24, 2.45) is 34.5 Å². The molecule has 0 aliphatic heterocycles. The fraction of sp³-hybridized carbons (Fsp3) is 0.885. The van der Waals surface area contributed by atoms with Gasteiger partial charge >= 0.3 is 29.6 Å². The summed E-state index contributed by atoms with van der Waals surface area (Å²) in [6.45, 7) is 7.66. The summed E-state index contributed by atoms with van der Waals surface area (Å²) in [6, 6.07) is 0. The number of hydrogen-bond donors (Lipinski definition) is 4. The van der Waals surface area contributed by atoms with Gasteiger partial charge in [-0.15, -0.1) is 0 Å². The molecule has 36 heavy (non-hydrogen) atoms. The van der Waals surface area contributed by atoms with Gasteiger partial charge in [0, 0.05) is 5.92 Å². The summed E-state index contributed by atoms with van der Waals surface area (Å²) < 4.78 is 17.0. The van der Waals surface area contributed by atoms with Crippen molar-refractivity contribution < 1.29 is 68.5 Å². The number of rotatable bonds is 7. The van der Waals surface area contributed by atoms with Crippen LogP contribution in [0.2, 0.25) is 0 Å². The molecule has 3 fully saturated rings. The summed E-state index contributed by atoms with van der Waals surface area (Å²) in [5, 5.41) is 30.8. The second-order valence-electron chi connectivity index (χ2n) is 12.8. The van der Waals surface area contributed by atoms with Crippen LogP contribution in [0.5, 0.6) is 0 Å². The van der Waals surface area contributed by atoms with E-state index in [-0.39, 0.29) is 70.8 Å². The van der Waals surface area contributed by atoms with Crippen LogP contribution >= 0.6 is 7.82 Å². The van der Waals surface area contributed by atoms with E-state index in [1.165, 1.54) is 0 Å². The van der Waals surface area contributed by atoms with E-state index in [1.807, 2.05) is 0 Å². The molecule has 10 heteroatoms. The normalized spacial score (nSPS) is 42.8. The van der Waals surface area contributed by atoms with Gasteiger partial charge in [-0.3, -0.25) is 9.36 Å². The molecule has 10 unspecified atom stereocenters. The SMILES string of the molecule is CC(C)(O)CCCC(OP(=O)([O-])O)C1CCC2C3=CC(=O)C4CC(O)C(O)CC4(C)C3CCC21C.[Na+]. The summed E-state index contributed by atoms with van der Waals surface area (Å²) in [5.41, 5.74) is -0.453. The molecule has 4 N–H and O–H groups in total. The molecule has 0 heterocycles. The fourth-order valence-corrected chi connectivity index (χ4v) is 8.87. The molecule has 0 aromatic carbocycles. The molecule has 4 aliphatic carbocycles. The Morgan fingerprint density at radius 2 is 1.78 bits per heavy atom. The Hall–Kier alpha value is 0.400. The van der Waals surface area contributed by atoms with Gasteiger partial charge in [0.1, 0.15) is 0 Å². The molecule has 10 atom stereocenters. The van der Waals surface area contributed by atoms with Gasteiger partial charge < -0.3 is 29.6 Å². The van der Waals surface area contributed by atoms with Crippen LogP contribution in [0.1, 0.15) is 85.5 Å². The minimum absolute atomic E-state index is 0. The number of hydrogen-bond acceptors (Lipinski definition) is 7. The Bertz CT molecular complexity index is 912. The molecule has 0 spiro atoms. The van der Waals surface area contributed by atoms with Crippen molar-refractivity contribution in [3.63, 3.8) is 0 Å². The number of carbonyl (C=O) groups excluding carboxylic acids is 1. The van der Waals surface area contributed by atoms with Gasteiger partial charge in [0.25, 0.3) is 7.82 Å². The first-order valence-electron chi connectivity index (χ1n) is 13.1. The summed E-state index contributed by atoms with van der Waals surface area (Å²) in [5.74, 6) is -0.140.